The minimum atomic E-state index is 0. The van der Waals surface area contributed by atoms with E-state index in [0.717, 1.165) is 0 Å². The van der Waals surface area contributed by atoms with E-state index in [9.17, 15) is 0 Å². The number of hydrogen-bond acceptors (Lipinski definition) is 0. The molecule has 2 aromatic carbocycles. The van der Waals surface area contributed by atoms with Crippen LogP contribution >= 0.6 is 0 Å². The molecule has 0 atom stereocenters. The Bertz CT molecular complexity index is 569. The summed E-state index contributed by atoms with van der Waals surface area (Å²) in [6.07, 6.45) is 4.99. The summed E-state index contributed by atoms with van der Waals surface area (Å²) < 4.78 is 0. The van der Waals surface area contributed by atoms with E-state index in [1.165, 1.54) is 70.2 Å². The Kier molecular flexibility index (Phi) is 15.9. The van der Waals surface area contributed by atoms with Crippen molar-refractivity contribution in [3.63, 3.8) is 0 Å². The van der Waals surface area contributed by atoms with Gasteiger partial charge in [0.15, 0.2) is 0 Å². The van der Waals surface area contributed by atoms with E-state index < -0.39 is 0 Å². The van der Waals surface area contributed by atoms with Crippen molar-refractivity contribution in [3.05, 3.63) is 70.5 Å². The van der Waals surface area contributed by atoms with Gasteiger partial charge in [-0.15, -0.1) is 0 Å². The van der Waals surface area contributed by atoms with Gasteiger partial charge in [-0.1, -0.05) is 94.9 Å². The quantitative estimate of drug-likeness (QED) is 0.415. The number of hydrogen-bond donors (Lipinski definition) is 0. The molecule has 0 aliphatic carbocycles. The molecule has 0 amide bonds. The van der Waals surface area contributed by atoms with E-state index in [-0.39, 0.29) is 41.1 Å². The predicted octanol–water partition coefficient (Wildman–Crippen LogP) is 8.08. The smallest absolute Gasteiger partial charge is 0.358 e. The summed E-state index contributed by atoms with van der Waals surface area (Å²) in [6, 6.07) is 0. The zero-order valence-electron chi connectivity index (χ0n) is 20.3. The minimum absolute atomic E-state index is 0. The third kappa shape index (κ3) is 6.85. The van der Waals surface area contributed by atoms with Crippen molar-refractivity contribution in [1.29, 1.82) is 0 Å². The Labute approximate surface area is 191 Å². The fourth-order valence-electron chi connectivity index (χ4n) is 3.84. The van der Waals surface area contributed by atoms with Crippen LogP contribution < -0.4 is 0 Å². The van der Waals surface area contributed by atoms with Crippen molar-refractivity contribution < 1.29 is 26.2 Å². The van der Waals surface area contributed by atoms with E-state index >= 15 is 0 Å². The molecule has 0 N–H and O–H groups in total. The maximum absolute atomic E-state index is 2.25. The largest absolute Gasteiger partial charge is 4.00 e. The molecule has 0 fully saturated rings. The minimum Gasteiger partial charge on any atom is -0.358 e. The van der Waals surface area contributed by atoms with Gasteiger partial charge in [-0.25, -0.2) is 0 Å². The van der Waals surface area contributed by atoms with Crippen LogP contribution in [0.1, 0.15) is 82.3 Å². The van der Waals surface area contributed by atoms with Gasteiger partial charge in [0.2, 0.25) is 0 Å². The first-order chi connectivity index (χ1) is 11.2. The Hall–Kier alpha value is -0.417. The fourth-order valence-corrected chi connectivity index (χ4v) is 3.84. The van der Waals surface area contributed by atoms with E-state index in [2.05, 4.69) is 69.2 Å². The molecular formula is C26H44Zr. The van der Waals surface area contributed by atoms with Crippen molar-refractivity contribution in [2.24, 2.45) is 0 Å². The molecule has 0 bridgehead atoms. The van der Waals surface area contributed by atoms with E-state index in [1.807, 2.05) is 0 Å². The summed E-state index contributed by atoms with van der Waals surface area (Å²) >= 11 is 0. The second kappa shape index (κ2) is 13.7. The predicted molar refractivity (Wildman–Crippen MR) is 123 cm³/mol. The molecule has 0 aliphatic heterocycles. The first kappa shape index (κ1) is 31.3. The van der Waals surface area contributed by atoms with Crippen LogP contribution in [-0.2, 0) is 39.0 Å². The van der Waals surface area contributed by atoms with Gasteiger partial charge >= 0.3 is 26.2 Å². The molecule has 0 radical (unpaired) electrons. The molecular weight excluding hydrogens is 404 g/mol. The van der Waals surface area contributed by atoms with Crippen LogP contribution in [0.3, 0.4) is 0 Å². The molecule has 152 valence electrons. The Morgan fingerprint density at radius 2 is 0.667 bits per heavy atom. The third-order valence-electron chi connectivity index (χ3n) is 6.19. The topological polar surface area (TPSA) is 0 Å². The van der Waals surface area contributed by atoms with Crippen LogP contribution in [0.4, 0.5) is 0 Å². The number of rotatable bonds is 4. The van der Waals surface area contributed by atoms with E-state index in [1.54, 1.807) is 11.1 Å². The Balaban J connectivity index is -0.000000384. The van der Waals surface area contributed by atoms with Crippen molar-refractivity contribution in [3.8, 4) is 0 Å². The first-order valence-electron chi connectivity index (χ1n) is 9.62. The zero-order chi connectivity index (χ0) is 18.6. The maximum Gasteiger partial charge on any atom is 4.00 e. The second-order valence-electron chi connectivity index (χ2n) is 7.46. The van der Waals surface area contributed by atoms with Crippen LogP contribution in [0.15, 0.2) is 0 Å². The molecule has 0 aromatic heterocycles. The van der Waals surface area contributed by atoms with Crippen LogP contribution in [-0.4, -0.2) is 0 Å². The molecule has 0 unspecified atom stereocenters. The van der Waals surface area contributed by atoms with Crippen LogP contribution in [0.5, 0.6) is 0 Å². The van der Waals surface area contributed by atoms with Crippen molar-refractivity contribution >= 4 is 0 Å². The van der Waals surface area contributed by atoms with Crippen LogP contribution in [0.2, 0.25) is 0 Å². The summed E-state index contributed by atoms with van der Waals surface area (Å²) in [5.74, 6) is 0. The van der Waals surface area contributed by atoms with Gasteiger partial charge in [0.1, 0.15) is 0 Å². The van der Waals surface area contributed by atoms with Gasteiger partial charge in [-0.3, -0.25) is 0 Å². The molecule has 2 aromatic rings. The summed E-state index contributed by atoms with van der Waals surface area (Å²) in [5, 5.41) is 0. The first-order valence-corrected chi connectivity index (χ1v) is 9.62. The summed E-state index contributed by atoms with van der Waals surface area (Å²) in [7, 11) is 0. The van der Waals surface area contributed by atoms with Gasteiger partial charge in [-0.05, 0) is 0 Å². The van der Waals surface area contributed by atoms with Crippen molar-refractivity contribution in [1.82, 2.24) is 0 Å². The maximum atomic E-state index is 2.25. The standard InChI is InChI=1S/2C12H19.2CH3.Zr/c2*1-6-7-12-10(4)8(2)9(3)11(12)5;;;/h2*6-7H2,1-5H3;2*1H3;/q4*-1;+4. The van der Waals surface area contributed by atoms with E-state index in [4.69, 9.17) is 0 Å². The molecule has 0 nitrogen and oxygen atoms in total. The molecule has 1 heteroatoms. The van der Waals surface area contributed by atoms with Gasteiger partial charge < -0.3 is 14.9 Å². The average molecular weight is 448 g/mol. The average Bonchev–Trinajstić information content (AvgIpc) is 2.86. The SMILES string of the molecule is CCC[c-]1c(C)c(C)c(C)c1C.CCC[c-]1c(C)c(C)c(C)c1C.[CH3-].[CH3-].[Zr+4]. The Morgan fingerprint density at radius 1 is 0.481 bits per heavy atom. The molecule has 0 saturated heterocycles. The van der Waals surface area contributed by atoms with Gasteiger partial charge in [0.05, 0.1) is 0 Å². The third-order valence-corrected chi connectivity index (χ3v) is 6.19. The van der Waals surface area contributed by atoms with Crippen molar-refractivity contribution in [2.45, 2.75) is 94.9 Å². The van der Waals surface area contributed by atoms with Gasteiger partial charge in [-0.2, -0.15) is 55.6 Å². The van der Waals surface area contributed by atoms with Crippen molar-refractivity contribution in [2.75, 3.05) is 0 Å². The molecule has 0 spiro atoms. The summed E-state index contributed by atoms with van der Waals surface area (Å²) in [4.78, 5) is 0. The van der Waals surface area contributed by atoms with Gasteiger partial charge in [0, 0.05) is 0 Å². The van der Waals surface area contributed by atoms with Gasteiger partial charge in [0.25, 0.3) is 0 Å². The van der Waals surface area contributed by atoms with E-state index in [0.29, 0.717) is 0 Å². The van der Waals surface area contributed by atoms with Crippen LogP contribution in [0.25, 0.3) is 0 Å². The summed E-state index contributed by atoms with van der Waals surface area (Å²) in [6.45, 7) is 22.4. The Morgan fingerprint density at radius 3 is 0.815 bits per heavy atom. The summed E-state index contributed by atoms with van der Waals surface area (Å²) in [5.41, 5.74) is 15.2. The molecule has 2 rings (SSSR count). The zero-order valence-corrected chi connectivity index (χ0v) is 22.8. The van der Waals surface area contributed by atoms with Crippen LogP contribution in [0, 0.1) is 70.2 Å². The monoisotopic (exact) mass is 446 g/mol. The molecule has 27 heavy (non-hydrogen) atoms. The molecule has 0 heterocycles. The molecule has 0 aliphatic rings. The fraction of sp³-hybridized carbons (Fsp3) is 0.538. The second-order valence-corrected chi connectivity index (χ2v) is 7.46. The normalized spacial score (nSPS) is 9.56. The molecule has 0 saturated carbocycles.